The molecule has 1 unspecified atom stereocenters. The second-order valence-corrected chi connectivity index (χ2v) is 7.33. The summed E-state index contributed by atoms with van der Waals surface area (Å²) >= 11 is 0. The fourth-order valence-electron chi connectivity index (χ4n) is 4.02. The minimum absolute atomic E-state index is 0.200. The SMILES string of the molecule is CCOC(=O)c1ccc(N2C(=O)c3[nH]nc(-c4ccccc4)c3C2c2ccccn2)cc1. The number of fused-ring (bicyclic) bond motifs is 1. The third-order valence-electron chi connectivity index (χ3n) is 5.44. The molecule has 0 saturated heterocycles. The van der Waals surface area contributed by atoms with Gasteiger partial charge in [0.1, 0.15) is 11.7 Å². The van der Waals surface area contributed by atoms with Crippen LogP contribution in [0.15, 0.2) is 79.0 Å². The van der Waals surface area contributed by atoms with Crippen LogP contribution in [-0.2, 0) is 4.74 Å². The van der Waals surface area contributed by atoms with Crippen LogP contribution in [0.25, 0.3) is 11.3 Å². The summed E-state index contributed by atoms with van der Waals surface area (Å²) in [5.74, 6) is -0.594. The molecule has 1 aliphatic heterocycles. The summed E-state index contributed by atoms with van der Waals surface area (Å²) in [5, 5.41) is 7.40. The number of nitrogens with zero attached hydrogens (tertiary/aromatic N) is 3. The molecule has 0 radical (unpaired) electrons. The fourth-order valence-corrected chi connectivity index (χ4v) is 4.02. The van der Waals surface area contributed by atoms with Crippen molar-refractivity contribution in [2.45, 2.75) is 13.0 Å². The normalized spacial score (nSPS) is 15.0. The van der Waals surface area contributed by atoms with E-state index in [1.165, 1.54) is 0 Å². The first-order valence-electron chi connectivity index (χ1n) is 10.3. The Balaban J connectivity index is 1.62. The van der Waals surface area contributed by atoms with Crippen molar-refractivity contribution in [1.82, 2.24) is 15.2 Å². The zero-order valence-corrected chi connectivity index (χ0v) is 17.4. The van der Waals surface area contributed by atoms with E-state index in [-0.39, 0.29) is 5.91 Å². The molecule has 0 spiro atoms. The van der Waals surface area contributed by atoms with Crippen molar-refractivity contribution in [1.29, 1.82) is 0 Å². The number of benzene rings is 2. The molecule has 158 valence electrons. The quantitative estimate of drug-likeness (QED) is 0.480. The monoisotopic (exact) mass is 424 g/mol. The van der Waals surface area contributed by atoms with Gasteiger partial charge in [0, 0.05) is 23.0 Å². The molecule has 7 heteroatoms. The maximum absolute atomic E-state index is 13.5. The second kappa shape index (κ2) is 8.11. The first-order chi connectivity index (χ1) is 15.7. The highest BCUT2D eigenvalue weighted by Crippen LogP contribution is 2.44. The van der Waals surface area contributed by atoms with Gasteiger partial charge in [-0.15, -0.1) is 0 Å². The van der Waals surface area contributed by atoms with Crippen LogP contribution in [0.1, 0.15) is 45.1 Å². The summed E-state index contributed by atoms with van der Waals surface area (Å²) < 4.78 is 5.07. The molecule has 1 N–H and O–H groups in total. The van der Waals surface area contributed by atoms with Crippen LogP contribution >= 0.6 is 0 Å². The molecule has 1 amide bonds. The molecule has 0 fully saturated rings. The Morgan fingerprint density at radius 1 is 1.03 bits per heavy atom. The number of ether oxygens (including phenoxy) is 1. The van der Waals surface area contributed by atoms with E-state index in [4.69, 9.17) is 4.74 Å². The first kappa shape index (κ1) is 19.7. The number of esters is 1. The topological polar surface area (TPSA) is 88.2 Å². The molecular weight excluding hydrogens is 404 g/mol. The third-order valence-corrected chi connectivity index (χ3v) is 5.44. The van der Waals surface area contributed by atoms with E-state index in [0.29, 0.717) is 23.6 Å². The molecule has 4 aromatic rings. The molecule has 2 aromatic carbocycles. The van der Waals surface area contributed by atoms with Gasteiger partial charge in [-0.25, -0.2) is 4.79 Å². The fraction of sp³-hybridized carbons (Fsp3) is 0.120. The van der Waals surface area contributed by atoms with Gasteiger partial charge in [0.05, 0.1) is 23.6 Å². The van der Waals surface area contributed by atoms with E-state index in [2.05, 4.69) is 15.2 Å². The van der Waals surface area contributed by atoms with Crippen molar-refractivity contribution in [3.8, 4) is 11.3 Å². The summed E-state index contributed by atoms with van der Waals surface area (Å²) in [6.45, 7) is 2.07. The van der Waals surface area contributed by atoms with E-state index >= 15 is 0 Å². The molecule has 0 aliphatic carbocycles. The Morgan fingerprint density at radius 3 is 2.47 bits per heavy atom. The van der Waals surface area contributed by atoms with Gasteiger partial charge in [-0.05, 0) is 43.3 Å². The van der Waals surface area contributed by atoms with Crippen LogP contribution in [0, 0.1) is 0 Å². The number of carbonyl (C=O) groups is 2. The standard InChI is InChI=1S/C25H20N4O3/c1-2-32-25(31)17-11-13-18(14-12-17)29-23(19-10-6-7-15-26-19)20-21(16-8-4-3-5-9-16)27-28-22(20)24(29)30/h3-15,23H,2H2,1H3,(H,27,28). The molecule has 5 rings (SSSR count). The summed E-state index contributed by atoms with van der Waals surface area (Å²) in [6, 6.07) is 21.8. The lowest BCUT2D eigenvalue weighted by Gasteiger charge is -2.25. The lowest BCUT2D eigenvalue weighted by Crippen LogP contribution is -2.29. The average molecular weight is 424 g/mol. The van der Waals surface area contributed by atoms with E-state index in [9.17, 15) is 9.59 Å². The first-order valence-corrected chi connectivity index (χ1v) is 10.3. The molecular formula is C25H20N4O3. The van der Waals surface area contributed by atoms with Gasteiger partial charge in [0.15, 0.2) is 0 Å². The minimum atomic E-state index is -0.457. The lowest BCUT2D eigenvalue weighted by molar-refractivity contribution is 0.0526. The van der Waals surface area contributed by atoms with Gasteiger partial charge >= 0.3 is 5.97 Å². The second-order valence-electron chi connectivity index (χ2n) is 7.33. The van der Waals surface area contributed by atoms with Crippen LogP contribution in [-0.4, -0.2) is 33.7 Å². The van der Waals surface area contributed by atoms with Crippen molar-refractivity contribution in [2.24, 2.45) is 0 Å². The van der Waals surface area contributed by atoms with Crippen LogP contribution < -0.4 is 4.90 Å². The van der Waals surface area contributed by atoms with Crippen LogP contribution in [0.5, 0.6) is 0 Å². The van der Waals surface area contributed by atoms with Gasteiger partial charge in [-0.1, -0.05) is 36.4 Å². The molecule has 0 bridgehead atoms. The molecule has 7 nitrogen and oxygen atoms in total. The predicted octanol–water partition coefficient (Wildman–Crippen LogP) is 4.40. The average Bonchev–Trinajstić information content (AvgIpc) is 3.39. The van der Waals surface area contributed by atoms with E-state index in [1.807, 2.05) is 48.5 Å². The summed E-state index contributed by atoms with van der Waals surface area (Å²) in [5.41, 5.74) is 4.67. The predicted molar refractivity (Wildman–Crippen MR) is 119 cm³/mol. The number of rotatable bonds is 5. The smallest absolute Gasteiger partial charge is 0.338 e. The van der Waals surface area contributed by atoms with Crippen molar-refractivity contribution < 1.29 is 14.3 Å². The summed E-state index contributed by atoms with van der Waals surface area (Å²) in [7, 11) is 0. The zero-order chi connectivity index (χ0) is 22.1. The number of carbonyl (C=O) groups excluding carboxylic acids is 2. The van der Waals surface area contributed by atoms with Crippen molar-refractivity contribution in [3.63, 3.8) is 0 Å². The highest BCUT2D eigenvalue weighted by molar-refractivity contribution is 6.11. The number of aromatic amines is 1. The number of amides is 1. The highest BCUT2D eigenvalue weighted by Gasteiger charge is 2.43. The molecule has 32 heavy (non-hydrogen) atoms. The van der Waals surface area contributed by atoms with Gasteiger partial charge in [0.2, 0.25) is 0 Å². The number of nitrogens with one attached hydrogen (secondary N) is 1. The zero-order valence-electron chi connectivity index (χ0n) is 17.4. The molecule has 3 heterocycles. The van der Waals surface area contributed by atoms with E-state index < -0.39 is 12.0 Å². The summed E-state index contributed by atoms with van der Waals surface area (Å²) in [6.07, 6.45) is 1.71. The van der Waals surface area contributed by atoms with Gasteiger partial charge < -0.3 is 4.74 Å². The number of pyridine rings is 1. The maximum atomic E-state index is 13.5. The lowest BCUT2D eigenvalue weighted by atomic mass is 9.99. The highest BCUT2D eigenvalue weighted by atomic mass is 16.5. The minimum Gasteiger partial charge on any atom is -0.462 e. The number of aromatic nitrogens is 3. The number of H-pyrrole nitrogens is 1. The Morgan fingerprint density at radius 2 is 1.78 bits per heavy atom. The van der Waals surface area contributed by atoms with E-state index in [1.54, 1.807) is 42.3 Å². The summed E-state index contributed by atoms with van der Waals surface area (Å²) in [4.78, 5) is 31.8. The largest absolute Gasteiger partial charge is 0.462 e. The van der Waals surface area contributed by atoms with Crippen LogP contribution in [0.4, 0.5) is 5.69 Å². The maximum Gasteiger partial charge on any atom is 0.338 e. The Bertz CT molecular complexity index is 1270. The molecule has 2 aromatic heterocycles. The molecule has 1 aliphatic rings. The van der Waals surface area contributed by atoms with Gasteiger partial charge in [0.25, 0.3) is 5.91 Å². The van der Waals surface area contributed by atoms with Gasteiger partial charge in [-0.2, -0.15) is 5.10 Å². The van der Waals surface area contributed by atoms with Crippen molar-refractivity contribution >= 4 is 17.6 Å². The van der Waals surface area contributed by atoms with Crippen LogP contribution in [0.3, 0.4) is 0 Å². The van der Waals surface area contributed by atoms with Crippen LogP contribution in [0.2, 0.25) is 0 Å². The van der Waals surface area contributed by atoms with Gasteiger partial charge in [-0.3, -0.25) is 19.8 Å². The Labute approximate surface area is 184 Å². The third kappa shape index (κ3) is 3.24. The number of hydrogen-bond donors (Lipinski definition) is 1. The van der Waals surface area contributed by atoms with Crippen molar-refractivity contribution in [3.05, 3.63) is 102 Å². The van der Waals surface area contributed by atoms with E-state index in [0.717, 1.165) is 22.5 Å². The van der Waals surface area contributed by atoms with Crippen molar-refractivity contribution in [2.75, 3.05) is 11.5 Å². The molecule has 0 saturated carbocycles. The molecule has 1 atom stereocenters. The Hall–Kier alpha value is -4.26. The Kier molecular flexibility index (Phi) is 4.99. The number of anilines is 1. The number of hydrogen-bond acceptors (Lipinski definition) is 5.